The summed E-state index contributed by atoms with van der Waals surface area (Å²) in [5, 5.41) is 3.73. The number of nitrogens with one attached hydrogen (secondary N) is 1. The molecule has 0 amide bonds. The fraction of sp³-hybridized carbons (Fsp3) is 0.118. The van der Waals surface area contributed by atoms with Crippen molar-refractivity contribution in [1.29, 1.82) is 0 Å². The molecule has 0 atom stereocenters. The van der Waals surface area contributed by atoms with E-state index in [0.29, 0.717) is 28.9 Å². The molecular weight excluding hydrogens is 348 g/mol. The number of aromatic nitrogens is 1. The van der Waals surface area contributed by atoms with Gasteiger partial charge in [0, 0.05) is 22.5 Å². The van der Waals surface area contributed by atoms with E-state index in [9.17, 15) is 8.42 Å². The van der Waals surface area contributed by atoms with Crippen molar-refractivity contribution in [2.45, 2.75) is 11.4 Å². The molecule has 1 N–H and O–H groups in total. The Hall–Kier alpha value is -2.31. The van der Waals surface area contributed by atoms with Crippen LogP contribution in [0.3, 0.4) is 0 Å². The molecule has 0 saturated heterocycles. The minimum absolute atomic E-state index is 0.263. The Labute approximate surface area is 145 Å². The molecule has 1 aromatic heterocycles. The maximum absolute atomic E-state index is 11.6. The Kier molecular flexibility index (Phi) is 4.59. The average molecular weight is 363 g/mol. The molecule has 2 aromatic carbocycles. The van der Waals surface area contributed by atoms with Gasteiger partial charge in [-0.3, -0.25) is 0 Å². The second-order valence-corrected chi connectivity index (χ2v) is 7.73. The quantitative estimate of drug-likeness (QED) is 0.742. The van der Waals surface area contributed by atoms with E-state index < -0.39 is 9.84 Å². The number of oxazole rings is 1. The first-order valence-corrected chi connectivity index (χ1v) is 9.43. The summed E-state index contributed by atoms with van der Waals surface area (Å²) < 4.78 is 28.8. The lowest BCUT2D eigenvalue weighted by Crippen LogP contribution is -2.02. The number of nitrogens with zero attached hydrogens (tertiary/aromatic N) is 1. The Balaban J connectivity index is 1.72. The van der Waals surface area contributed by atoms with Gasteiger partial charge in [0.2, 0.25) is 5.89 Å². The van der Waals surface area contributed by atoms with Gasteiger partial charge in [-0.15, -0.1) is 0 Å². The third-order valence-electron chi connectivity index (χ3n) is 3.37. The summed E-state index contributed by atoms with van der Waals surface area (Å²) in [6, 6.07) is 13.9. The molecular formula is C17H15ClN2O3S. The first-order chi connectivity index (χ1) is 11.4. The van der Waals surface area contributed by atoms with Crippen LogP contribution in [0.15, 0.2) is 64.0 Å². The highest BCUT2D eigenvalue weighted by atomic mass is 35.5. The summed E-state index contributed by atoms with van der Waals surface area (Å²) in [7, 11) is -3.24. The lowest BCUT2D eigenvalue weighted by atomic mass is 10.2. The normalized spacial score (nSPS) is 11.4. The van der Waals surface area contributed by atoms with Crippen molar-refractivity contribution in [3.05, 3.63) is 65.6 Å². The Morgan fingerprint density at radius 3 is 2.71 bits per heavy atom. The Morgan fingerprint density at radius 1 is 1.17 bits per heavy atom. The van der Waals surface area contributed by atoms with E-state index in [1.165, 1.54) is 6.26 Å². The average Bonchev–Trinajstić information content (AvgIpc) is 3.01. The molecule has 0 unspecified atom stereocenters. The molecule has 24 heavy (non-hydrogen) atoms. The van der Waals surface area contributed by atoms with E-state index in [1.54, 1.807) is 42.6 Å². The van der Waals surface area contributed by atoms with E-state index >= 15 is 0 Å². The predicted molar refractivity (Wildman–Crippen MR) is 93.8 cm³/mol. The molecule has 0 aliphatic heterocycles. The van der Waals surface area contributed by atoms with Gasteiger partial charge in [-0.2, -0.15) is 0 Å². The minimum atomic E-state index is -3.24. The molecule has 0 saturated carbocycles. The van der Waals surface area contributed by atoms with Gasteiger partial charge in [0.05, 0.1) is 17.6 Å². The summed E-state index contributed by atoms with van der Waals surface area (Å²) in [4.78, 5) is 4.48. The van der Waals surface area contributed by atoms with Gasteiger partial charge in [-0.05, 0) is 30.3 Å². The van der Waals surface area contributed by atoms with Crippen LogP contribution in [0.5, 0.6) is 0 Å². The SMILES string of the molecule is CS(=O)(=O)c1cccc(NCc2ncc(-c3cccc(Cl)c3)o2)c1. The zero-order chi connectivity index (χ0) is 17.2. The van der Waals surface area contributed by atoms with E-state index in [4.69, 9.17) is 16.0 Å². The highest BCUT2D eigenvalue weighted by Gasteiger charge is 2.09. The molecule has 5 nitrogen and oxygen atoms in total. The molecule has 0 radical (unpaired) electrons. The molecule has 0 aliphatic rings. The second kappa shape index (κ2) is 6.67. The number of sulfone groups is 1. The third kappa shape index (κ3) is 3.96. The zero-order valence-corrected chi connectivity index (χ0v) is 14.4. The standard InChI is InChI=1S/C17H15ClN2O3S/c1-24(21,22)15-7-3-6-14(9-15)19-11-17-20-10-16(23-17)12-4-2-5-13(18)8-12/h2-10,19H,11H2,1H3. The van der Waals surface area contributed by atoms with Crippen LogP contribution < -0.4 is 5.32 Å². The first kappa shape index (κ1) is 16.5. The summed E-state index contributed by atoms with van der Waals surface area (Å²) in [5.41, 5.74) is 1.53. The summed E-state index contributed by atoms with van der Waals surface area (Å²) in [5.74, 6) is 1.12. The van der Waals surface area contributed by atoms with Crippen LogP contribution in [-0.4, -0.2) is 19.7 Å². The number of anilines is 1. The van der Waals surface area contributed by atoms with Crippen LogP contribution in [0.2, 0.25) is 5.02 Å². The van der Waals surface area contributed by atoms with E-state index in [1.807, 2.05) is 12.1 Å². The van der Waals surface area contributed by atoms with Gasteiger partial charge in [0.25, 0.3) is 0 Å². The van der Waals surface area contributed by atoms with E-state index in [2.05, 4.69) is 10.3 Å². The monoisotopic (exact) mass is 362 g/mol. The number of halogens is 1. The minimum Gasteiger partial charge on any atom is -0.439 e. The lowest BCUT2D eigenvalue weighted by Gasteiger charge is -2.05. The van der Waals surface area contributed by atoms with Crippen molar-refractivity contribution >= 4 is 27.1 Å². The molecule has 0 fully saturated rings. The van der Waals surface area contributed by atoms with Gasteiger partial charge >= 0.3 is 0 Å². The maximum Gasteiger partial charge on any atom is 0.214 e. The van der Waals surface area contributed by atoms with Crippen molar-refractivity contribution in [3.8, 4) is 11.3 Å². The number of benzene rings is 2. The van der Waals surface area contributed by atoms with Gasteiger partial charge in [-0.25, -0.2) is 13.4 Å². The van der Waals surface area contributed by atoms with Crippen LogP contribution in [0.4, 0.5) is 5.69 Å². The van der Waals surface area contributed by atoms with Crippen molar-refractivity contribution in [2.75, 3.05) is 11.6 Å². The summed E-state index contributed by atoms with van der Waals surface area (Å²) in [6.45, 7) is 0.341. The van der Waals surface area contributed by atoms with Gasteiger partial charge in [0.1, 0.15) is 0 Å². The summed E-state index contributed by atoms with van der Waals surface area (Å²) in [6.07, 6.45) is 2.81. The highest BCUT2D eigenvalue weighted by Crippen LogP contribution is 2.24. The van der Waals surface area contributed by atoms with Crippen molar-refractivity contribution in [1.82, 2.24) is 4.98 Å². The largest absolute Gasteiger partial charge is 0.439 e. The molecule has 0 bridgehead atoms. The first-order valence-electron chi connectivity index (χ1n) is 7.16. The van der Waals surface area contributed by atoms with Crippen LogP contribution in [0.25, 0.3) is 11.3 Å². The molecule has 0 spiro atoms. The molecule has 1 heterocycles. The van der Waals surface area contributed by atoms with Crippen LogP contribution in [0, 0.1) is 0 Å². The van der Waals surface area contributed by atoms with Crippen LogP contribution in [0.1, 0.15) is 5.89 Å². The van der Waals surface area contributed by atoms with Crippen molar-refractivity contribution in [2.24, 2.45) is 0 Å². The Morgan fingerprint density at radius 2 is 1.96 bits per heavy atom. The van der Waals surface area contributed by atoms with E-state index in [-0.39, 0.29) is 4.90 Å². The summed E-state index contributed by atoms with van der Waals surface area (Å²) >= 11 is 5.97. The molecule has 0 aliphatic carbocycles. The van der Waals surface area contributed by atoms with Gasteiger partial charge in [-0.1, -0.05) is 29.8 Å². The number of hydrogen-bond acceptors (Lipinski definition) is 5. The van der Waals surface area contributed by atoms with Gasteiger partial charge < -0.3 is 9.73 Å². The van der Waals surface area contributed by atoms with Crippen LogP contribution >= 0.6 is 11.6 Å². The fourth-order valence-electron chi connectivity index (χ4n) is 2.18. The van der Waals surface area contributed by atoms with Crippen molar-refractivity contribution < 1.29 is 12.8 Å². The molecule has 3 aromatic rings. The number of hydrogen-bond donors (Lipinski definition) is 1. The molecule has 124 valence electrons. The number of rotatable bonds is 5. The zero-order valence-electron chi connectivity index (χ0n) is 12.9. The second-order valence-electron chi connectivity index (χ2n) is 5.28. The van der Waals surface area contributed by atoms with Crippen LogP contribution in [-0.2, 0) is 16.4 Å². The van der Waals surface area contributed by atoms with E-state index in [0.717, 1.165) is 5.56 Å². The topological polar surface area (TPSA) is 72.2 Å². The smallest absolute Gasteiger partial charge is 0.214 e. The third-order valence-corrected chi connectivity index (χ3v) is 4.71. The Bertz CT molecular complexity index is 967. The predicted octanol–water partition coefficient (Wildman–Crippen LogP) is 4.01. The molecule has 3 rings (SSSR count). The molecule has 7 heteroatoms. The fourth-order valence-corrected chi connectivity index (χ4v) is 3.04. The lowest BCUT2D eigenvalue weighted by molar-refractivity contribution is 0.516. The van der Waals surface area contributed by atoms with Gasteiger partial charge in [0.15, 0.2) is 15.6 Å². The maximum atomic E-state index is 11.6. The van der Waals surface area contributed by atoms with Crippen molar-refractivity contribution in [3.63, 3.8) is 0 Å². The highest BCUT2D eigenvalue weighted by molar-refractivity contribution is 7.90.